The van der Waals surface area contributed by atoms with Gasteiger partial charge in [0, 0.05) is 32.7 Å². The van der Waals surface area contributed by atoms with Crippen LogP contribution in [-0.4, -0.2) is 37.2 Å². The van der Waals surface area contributed by atoms with E-state index in [0.717, 1.165) is 51.1 Å². The van der Waals surface area contributed by atoms with Crippen molar-refractivity contribution in [2.24, 2.45) is 10.7 Å². The van der Waals surface area contributed by atoms with Gasteiger partial charge in [-0.15, -0.1) is 35.3 Å². The van der Waals surface area contributed by atoms with Crippen LogP contribution in [0.25, 0.3) is 10.2 Å². The first kappa shape index (κ1) is 20.1. The lowest BCUT2D eigenvalue weighted by Gasteiger charge is -2.05. The van der Waals surface area contributed by atoms with Gasteiger partial charge in [-0.25, -0.2) is 4.98 Å². The molecule has 0 radical (unpaired) electrons. The zero-order chi connectivity index (χ0) is 15.6. The molecular formula is C16H25IN4OS. The molecular weight excluding hydrogens is 423 g/mol. The van der Waals surface area contributed by atoms with Gasteiger partial charge in [0.05, 0.1) is 15.2 Å². The van der Waals surface area contributed by atoms with E-state index in [-0.39, 0.29) is 24.0 Å². The number of aryl methyl sites for hydroxylation is 1. The van der Waals surface area contributed by atoms with Crippen LogP contribution in [0.4, 0.5) is 0 Å². The summed E-state index contributed by atoms with van der Waals surface area (Å²) in [6.45, 7) is 5.03. The molecule has 1 aromatic carbocycles. The normalized spacial score (nSPS) is 11.4. The van der Waals surface area contributed by atoms with E-state index in [1.54, 1.807) is 11.3 Å². The summed E-state index contributed by atoms with van der Waals surface area (Å²) in [6.07, 6.45) is 2.84. The van der Waals surface area contributed by atoms with Crippen LogP contribution in [0.5, 0.6) is 0 Å². The molecule has 0 fully saturated rings. The fourth-order valence-corrected chi connectivity index (χ4v) is 3.06. The van der Waals surface area contributed by atoms with Crippen molar-refractivity contribution in [2.45, 2.75) is 26.2 Å². The standard InChI is InChI=1S/C16H24N4OS.HI/c1-2-21-12-6-11-19-16(17)18-10-5-9-15-20-13-7-3-4-8-14(13)22-15;/h3-4,7-8H,2,5-6,9-12H2,1H3,(H3,17,18,19);1H. The Kier molecular flexibility index (Phi) is 10.1. The minimum Gasteiger partial charge on any atom is -0.382 e. The molecule has 2 rings (SSSR count). The van der Waals surface area contributed by atoms with Crippen molar-refractivity contribution in [3.05, 3.63) is 29.3 Å². The van der Waals surface area contributed by atoms with Gasteiger partial charge in [0.25, 0.3) is 0 Å². The Bertz CT molecular complexity index is 570. The highest BCUT2D eigenvalue weighted by Crippen LogP contribution is 2.22. The first-order chi connectivity index (χ1) is 10.8. The molecule has 128 valence electrons. The number of nitrogens with one attached hydrogen (secondary N) is 1. The van der Waals surface area contributed by atoms with Crippen molar-refractivity contribution in [1.29, 1.82) is 0 Å². The van der Waals surface area contributed by atoms with E-state index in [9.17, 15) is 0 Å². The third-order valence-corrected chi connectivity index (χ3v) is 4.24. The van der Waals surface area contributed by atoms with Crippen molar-refractivity contribution >= 4 is 51.5 Å². The first-order valence-electron chi connectivity index (χ1n) is 7.75. The number of rotatable bonds is 9. The van der Waals surface area contributed by atoms with Crippen molar-refractivity contribution in [3.8, 4) is 0 Å². The quantitative estimate of drug-likeness (QED) is 0.268. The molecule has 0 amide bonds. The molecule has 0 aliphatic heterocycles. The fraction of sp³-hybridized carbons (Fsp3) is 0.500. The third kappa shape index (κ3) is 7.45. The van der Waals surface area contributed by atoms with E-state index in [1.165, 1.54) is 9.71 Å². The summed E-state index contributed by atoms with van der Waals surface area (Å²) in [6, 6.07) is 8.23. The smallest absolute Gasteiger partial charge is 0.188 e. The number of aliphatic imine (C=N–C) groups is 1. The number of para-hydroxylation sites is 1. The number of nitrogens with zero attached hydrogens (tertiary/aromatic N) is 2. The highest BCUT2D eigenvalue weighted by molar-refractivity contribution is 14.0. The molecule has 0 spiro atoms. The monoisotopic (exact) mass is 448 g/mol. The van der Waals surface area contributed by atoms with E-state index in [0.29, 0.717) is 5.96 Å². The molecule has 5 nitrogen and oxygen atoms in total. The van der Waals surface area contributed by atoms with E-state index in [4.69, 9.17) is 10.5 Å². The van der Waals surface area contributed by atoms with E-state index in [1.807, 2.05) is 19.1 Å². The SMILES string of the molecule is CCOCCCNC(N)=NCCCc1nc2ccccc2s1.I. The predicted octanol–water partition coefficient (Wildman–Crippen LogP) is 3.18. The minimum absolute atomic E-state index is 0. The van der Waals surface area contributed by atoms with E-state index in [2.05, 4.69) is 27.4 Å². The van der Waals surface area contributed by atoms with Gasteiger partial charge in [-0.2, -0.15) is 0 Å². The number of aromatic nitrogens is 1. The number of fused-ring (bicyclic) bond motifs is 1. The molecule has 0 bridgehead atoms. The summed E-state index contributed by atoms with van der Waals surface area (Å²) in [5, 5.41) is 4.26. The van der Waals surface area contributed by atoms with Gasteiger partial charge in [-0.3, -0.25) is 4.99 Å². The maximum atomic E-state index is 5.81. The number of guanidine groups is 1. The van der Waals surface area contributed by atoms with Crippen molar-refractivity contribution in [2.75, 3.05) is 26.3 Å². The van der Waals surface area contributed by atoms with Gasteiger partial charge >= 0.3 is 0 Å². The first-order valence-corrected chi connectivity index (χ1v) is 8.57. The zero-order valence-electron chi connectivity index (χ0n) is 13.5. The Morgan fingerprint density at radius 2 is 2.17 bits per heavy atom. The lowest BCUT2D eigenvalue weighted by molar-refractivity contribution is 0.145. The van der Waals surface area contributed by atoms with E-state index >= 15 is 0 Å². The molecule has 0 aliphatic rings. The fourth-order valence-electron chi connectivity index (χ4n) is 2.05. The maximum absolute atomic E-state index is 5.81. The summed E-state index contributed by atoms with van der Waals surface area (Å²) in [4.78, 5) is 8.95. The maximum Gasteiger partial charge on any atom is 0.188 e. The number of hydrogen-bond acceptors (Lipinski definition) is 4. The molecule has 0 saturated heterocycles. The Morgan fingerprint density at radius 1 is 1.35 bits per heavy atom. The largest absolute Gasteiger partial charge is 0.382 e. The predicted molar refractivity (Wildman–Crippen MR) is 109 cm³/mol. The second kappa shape index (κ2) is 11.6. The highest BCUT2D eigenvalue weighted by atomic mass is 127. The summed E-state index contributed by atoms with van der Waals surface area (Å²) in [7, 11) is 0. The molecule has 1 heterocycles. The number of halogens is 1. The van der Waals surface area contributed by atoms with Crippen LogP contribution in [0, 0.1) is 0 Å². The minimum atomic E-state index is 0. The third-order valence-electron chi connectivity index (χ3n) is 3.14. The number of benzene rings is 1. The molecule has 23 heavy (non-hydrogen) atoms. The molecule has 3 N–H and O–H groups in total. The second-order valence-electron chi connectivity index (χ2n) is 4.92. The van der Waals surface area contributed by atoms with Gasteiger partial charge < -0.3 is 15.8 Å². The van der Waals surface area contributed by atoms with Gasteiger partial charge in [0.2, 0.25) is 0 Å². The Balaban J connectivity index is 0.00000264. The molecule has 1 aromatic heterocycles. The van der Waals surface area contributed by atoms with Crippen LogP contribution < -0.4 is 11.1 Å². The molecule has 0 atom stereocenters. The van der Waals surface area contributed by atoms with Gasteiger partial charge in [0.1, 0.15) is 0 Å². The number of thiazole rings is 1. The van der Waals surface area contributed by atoms with Crippen molar-refractivity contribution in [3.63, 3.8) is 0 Å². The van der Waals surface area contributed by atoms with Gasteiger partial charge in [0.15, 0.2) is 5.96 Å². The van der Waals surface area contributed by atoms with Crippen LogP contribution in [0.3, 0.4) is 0 Å². The number of ether oxygens (including phenoxy) is 1. The van der Waals surface area contributed by atoms with Crippen LogP contribution in [0.2, 0.25) is 0 Å². The van der Waals surface area contributed by atoms with Crippen LogP contribution >= 0.6 is 35.3 Å². The zero-order valence-corrected chi connectivity index (χ0v) is 16.6. The molecule has 0 aliphatic carbocycles. The lowest BCUT2D eigenvalue weighted by Crippen LogP contribution is -2.33. The molecule has 7 heteroatoms. The molecule has 2 aromatic rings. The Hall–Kier alpha value is -0.930. The number of nitrogens with two attached hydrogens (primary N) is 1. The Labute approximate surface area is 158 Å². The number of hydrogen-bond donors (Lipinski definition) is 2. The van der Waals surface area contributed by atoms with Crippen molar-refractivity contribution < 1.29 is 4.74 Å². The second-order valence-corrected chi connectivity index (χ2v) is 6.04. The van der Waals surface area contributed by atoms with Gasteiger partial charge in [-0.1, -0.05) is 12.1 Å². The van der Waals surface area contributed by atoms with Crippen LogP contribution in [-0.2, 0) is 11.2 Å². The summed E-state index contributed by atoms with van der Waals surface area (Å²) in [5.41, 5.74) is 6.90. The summed E-state index contributed by atoms with van der Waals surface area (Å²) >= 11 is 1.76. The van der Waals surface area contributed by atoms with Crippen LogP contribution in [0.15, 0.2) is 29.3 Å². The lowest BCUT2D eigenvalue weighted by atomic mass is 10.3. The average molecular weight is 448 g/mol. The van der Waals surface area contributed by atoms with Crippen LogP contribution in [0.1, 0.15) is 24.8 Å². The summed E-state index contributed by atoms with van der Waals surface area (Å²) < 4.78 is 6.51. The van der Waals surface area contributed by atoms with E-state index < -0.39 is 0 Å². The average Bonchev–Trinajstić information content (AvgIpc) is 2.94. The van der Waals surface area contributed by atoms with Gasteiger partial charge in [-0.05, 0) is 31.9 Å². The highest BCUT2D eigenvalue weighted by Gasteiger charge is 2.02. The Morgan fingerprint density at radius 3 is 2.96 bits per heavy atom. The van der Waals surface area contributed by atoms with Crippen molar-refractivity contribution in [1.82, 2.24) is 10.3 Å². The molecule has 0 unspecified atom stereocenters. The topological polar surface area (TPSA) is 72.5 Å². The summed E-state index contributed by atoms with van der Waals surface area (Å²) in [5.74, 6) is 0.515. The molecule has 0 saturated carbocycles.